The van der Waals surface area contributed by atoms with Gasteiger partial charge in [-0.1, -0.05) is 70.0 Å². The number of benzene rings is 4. The van der Waals surface area contributed by atoms with Gasteiger partial charge in [-0.2, -0.15) is 0 Å². The highest BCUT2D eigenvalue weighted by Crippen LogP contribution is 2.25. The predicted octanol–water partition coefficient (Wildman–Crippen LogP) is -0.734. The zero-order chi connectivity index (χ0) is 23.1. The molecule has 0 N–H and O–H groups in total. The zero-order valence-electron chi connectivity index (χ0n) is 19.8. The van der Waals surface area contributed by atoms with E-state index in [0.29, 0.717) is 0 Å². The van der Waals surface area contributed by atoms with Crippen molar-refractivity contribution in [2.45, 2.75) is 0 Å². The third-order valence-corrected chi connectivity index (χ3v) is 6.26. The summed E-state index contributed by atoms with van der Waals surface area (Å²) < 4.78 is 8.17. The Balaban J connectivity index is 0.00000152. The summed E-state index contributed by atoms with van der Waals surface area (Å²) in [4.78, 5) is 0. The number of halogens is 2. The maximum absolute atomic E-state index is 4.82. The zero-order valence-corrected chi connectivity index (χ0v) is 21.3. The van der Waals surface area contributed by atoms with E-state index < -0.39 is 0 Å². The number of fused-ring (bicyclic) bond motifs is 2. The van der Waals surface area contributed by atoms with Crippen LogP contribution in [0, 0.1) is 0 Å². The largest absolute Gasteiger partial charge is 1.00 e. The van der Waals surface area contributed by atoms with Crippen molar-refractivity contribution in [1.82, 2.24) is 9.35 Å². The van der Waals surface area contributed by atoms with Crippen LogP contribution in [-0.2, 0) is 14.1 Å². The molecule has 0 unspecified atom stereocenters. The highest BCUT2D eigenvalue weighted by molar-refractivity contribution is 5.77. The fourth-order valence-electron chi connectivity index (χ4n) is 4.66. The van der Waals surface area contributed by atoms with Crippen LogP contribution in [0.25, 0.3) is 44.8 Å². The van der Waals surface area contributed by atoms with E-state index in [2.05, 4.69) is 71.8 Å². The molecule has 0 aliphatic heterocycles. The quantitative estimate of drug-likeness (QED) is 0.220. The molecule has 0 aliphatic rings. The molecule has 2 heterocycles. The van der Waals surface area contributed by atoms with E-state index in [9.17, 15) is 0 Å². The Morgan fingerprint density at radius 2 is 0.806 bits per heavy atom. The molecule has 6 aromatic rings. The molecular formula is C28H24Cl2N6. The maximum atomic E-state index is 4.82. The molecule has 4 aromatic carbocycles. The first-order chi connectivity index (χ1) is 16.7. The molecule has 0 saturated carbocycles. The molecule has 0 saturated heterocycles. The Kier molecular flexibility index (Phi) is 7.20. The minimum absolute atomic E-state index is 0. The number of imidazole rings is 2. The predicted molar refractivity (Wildman–Crippen MR) is 133 cm³/mol. The molecule has 0 bridgehead atoms. The van der Waals surface area contributed by atoms with Gasteiger partial charge in [0.1, 0.15) is 0 Å². The highest BCUT2D eigenvalue weighted by Gasteiger charge is 2.28. The average Bonchev–Trinajstić information content (AvgIpc) is 3.34. The van der Waals surface area contributed by atoms with Crippen LogP contribution in [0.2, 0.25) is 0 Å². The first kappa shape index (κ1) is 25.1. The Bertz CT molecular complexity index is 1550. The van der Waals surface area contributed by atoms with Crippen LogP contribution in [-0.4, -0.2) is 9.35 Å². The van der Waals surface area contributed by atoms with Gasteiger partial charge in [-0.3, -0.25) is 0 Å². The number of nitrogens with zero attached hydrogens (tertiary/aromatic N) is 6. The van der Waals surface area contributed by atoms with Crippen molar-refractivity contribution in [3.63, 3.8) is 0 Å². The smallest absolute Gasteiger partial charge is 0.316 e. The molecular weight excluding hydrogens is 491 g/mol. The van der Waals surface area contributed by atoms with Gasteiger partial charge in [0.25, 0.3) is 0 Å². The van der Waals surface area contributed by atoms with Crippen molar-refractivity contribution >= 4 is 22.1 Å². The number of rotatable bonds is 4. The average molecular weight is 515 g/mol. The third kappa shape index (κ3) is 4.04. The molecule has 6 nitrogen and oxygen atoms in total. The number of hydrogen-bond donors (Lipinski definition) is 0. The lowest BCUT2D eigenvalue weighted by Gasteiger charge is -1.98. The minimum Gasteiger partial charge on any atom is -1.00 e. The summed E-state index contributed by atoms with van der Waals surface area (Å²) in [6.07, 6.45) is 0. The van der Waals surface area contributed by atoms with E-state index in [4.69, 9.17) is 10.4 Å². The molecule has 0 radical (unpaired) electrons. The van der Waals surface area contributed by atoms with E-state index in [1.54, 1.807) is 0 Å². The summed E-state index contributed by atoms with van der Waals surface area (Å²) in [6, 6.07) is 37.1. The SMILES string of the molecule is C[n+]1c(-c2ccccc2)n(/N=N/n2c(-c3ccccc3)[n+](C)c3ccccc32)c2ccccc21.[Cl-].[Cl-]. The van der Waals surface area contributed by atoms with Gasteiger partial charge in [0.15, 0.2) is 11.0 Å². The second-order valence-corrected chi connectivity index (χ2v) is 8.28. The lowest BCUT2D eigenvalue weighted by molar-refractivity contribution is -0.634. The Hall–Kier alpha value is -4.00. The van der Waals surface area contributed by atoms with Gasteiger partial charge < -0.3 is 24.8 Å². The van der Waals surface area contributed by atoms with E-state index in [-0.39, 0.29) is 24.8 Å². The summed E-state index contributed by atoms with van der Waals surface area (Å²) in [6.45, 7) is 0. The summed E-state index contributed by atoms with van der Waals surface area (Å²) in [7, 11) is 4.13. The summed E-state index contributed by atoms with van der Waals surface area (Å²) in [5, 5.41) is 9.64. The number of para-hydroxylation sites is 4. The van der Waals surface area contributed by atoms with Crippen LogP contribution in [0.4, 0.5) is 0 Å². The maximum Gasteiger partial charge on any atom is 0.316 e. The number of hydrogen-bond acceptors (Lipinski definition) is 2. The van der Waals surface area contributed by atoms with Crippen molar-refractivity contribution in [2.75, 3.05) is 0 Å². The van der Waals surface area contributed by atoms with Gasteiger partial charge in [-0.05, 0) is 48.5 Å². The van der Waals surface area contributed by atoms with Crippen molar-refractivity contribution in [2.24, 2.45) is 24.5 Å². The molecule has 36 heavy (non-hydrogen) atoms. The highest BCUT2D eigenvalue weighted by atomic mass is 35.5. The molecule has 8 heteroatoms. The molecule has 180 valence electrons. The lowest BCUT2D eigenvalue weighted by atomic mass is 10.2. The van der Waals surface area contributed by atoms with E-state index >= 15 is 0 Å². The summed E-state index contributed by atoms with van der Waals surface area (Å²) >= 11 is 0. The minimum atomic E-state index is 0. The lowest BCUT2D eigenvalue weighted by Crippen LogP contribution is -3.00. The van der Waals surface area contributed by atoms with Crippen molar-refractivity contribution in [3.8, 4) is 22.8 Å². The topological polar surface area (TPSA) is 42.3 Å². The number of aryl methyl sites for hydroxylation is 2. The van der Waals surface area contributed by atoms with E-state index in [1.807, 2.05) is 70.0 Å². The fraction of sp³-hybridized carbons (Fsp3) is 0.0714. The van der Waals surface area contributed by atoms with Crippen LogP contribution in [0.15, 0.2) is 120 Å². The first-order valence-electron chi connectivity index (χ1n) is 11.3. The molecule has 6 rings (SSSR count). The van der Waals surface area contributed by atoms with Gasteiger partial charge in [0.05, 0.1) is 35.7 Å². The second kappa shape index (κ2) is 10.3. The van der Waals surface area contributed by atoms with E-state index in [1.165, 1.54) is 0 Å². The molecule has 0 fully saturated rings. The fourth-order valence-corrected chi connectivity index (χ4v) is 4.66. The second-order valence-electron chi connectivity index (χ2n) is 8.28. The Morgan fingerprint density at radius 3 is 1.19 bits per heavy atom. The molecule has 2 aromatic heterocycles. The van der Waals surface area contributed by atoms with Gasteiger partial charge in [0.2, 0.25) is 11.0 Å². The van der Waals surface area contributed by atoms with Crippen LogP contribution in [0.1, 0.15) is 0 Å². The molecule has 0 aliphatic carbocycles. The van der Waals surface area contributed by atoms with E-state index in [0.717, 1.165) is 44.8 Å². The summed E-state index contributed by atoms with van der Waals surface area (Å²) in [5.41, 5.74) is 6.32. The molecule has 0 spiro atoms. The Labute approximate surface area is 221 Å². The van der Waals surface area contributed by atoms with Gasteiger partial charge in [0, 0.05) is 0 Å². The standard InChI is InChI=1S/C28H24N6.2ClH/c1-31-23-17-9-11-19-25(23)33(27(31)21-13-5-3-6-14-21)29-30-34-26-20-12-10-18-24(26)32(2)28(34)22-15-7-4-8-16-22;;/h3-20H,1-2H3;2*1H/q+2;;/p-2/b30-29+;;. The van der Waals surface area contributed by atoms with Gasteiger partial charge in [-0.15, -0.1) is 0 Å². The van der Waals surface area contributed by atoms with Gasteiger partial charge in [-0.25, -0.2) is 9.13 Å². The van der Waals surface area contributed by atoms with Crippen LogP contribution in [0.3, 0.4) is 0 Å². The monoisotopic (exact) mass is 514 g/mol. The third-order valence-electron chi connectivity index (χ3n) is 6.26. The van der Waals surface area contributed by atoms with Gasteiger partial charge >= 0.3 is 11.6 Å². The first-order valence-corrected chi connectivity index (χ1v) is 11.3. The molecule has 0 atom stereocenters. The van der Waals surface area contributed by atoms with Crippen LogP contribution < -0.4 is 33.9 Å². The van der Waals surface area contributed by atoms with Crippen molar-refractivity contribution < 1.29 is 33.9 Å². The normalized spacial score (nSPS) is 11.1. The van der Waals surface area contributed by atoms with Crippen LogP contribution >= 0.6 is 0 Å². The summed E-state index contributed by atoms with van der Waals surface area (Å²) in [5.74, 6) is 1.93. The molecule has 0 amide bonds. The van der Waals surface area contributed by atoms with Crippen molar-refractivity contribution in [3.05, 3.63) is 109 Å². The van der Waals surface area contributed by atoms with Crippen LogP contribution in [0.5, 0.6) is 0 Å². The number of aromatic nitrogens is 4. The van der Waals surface area contributed by atoms with Crippen molar-refractivity contribution in [1.29, 1.82) is 0 Å². The Morgan fingerprint density at radius 1 is 0.472 bits per heavy atom.